The fourth-order valence-electron chi connectivity index (χ4n) is 1.92. The van der Waals surface area contributed by atoms with Crippen molar-refractivity contribution < 1.29 is 9.59 Å². The van der Waals surface area contributed by atoms with Crippen LogP contribution in [0.15, 0.2) is 18.2 Å². The Morgan fingerprint density at radius 2 is 1.70 bits per heavy atom. The molecule has 20 heavy (non-hydrogen) atoms. The van der Waals surface area contributed by atoms with Crippen LogP contribution in [-0.4, -0.2) is 24.2 Å². The molecule has 1 aromatic rings. The highest BCUT2D eigenvalue weighted by Gasteiger charge is 2.16. The van der Waals surface area contributed by atoms with Crippen LogP contribution in [-0.2, 0) is 22.4 Å². The summed E-state index contributed by atoms with van der Waals surface area (Å²) >= 11 is 5.52. The molecule has 5 heteroatoms. The molecule has 1 aromatic carbocycles. The number of rotatable bonds is 6. The SMILES string of the molecule is CCc1cccc(CC)c1NC(=O)C(=O)NCCCCl. The summed E-state index contributed by atoms with van der Waals surface area (Å²) in [4.78, 5) is 23.5. The lowest BCUT2D eigenvalue weighted by Gasteiger charge is -2.14. The standard InChI is InChI=1S/C15H21ClN2O2/c1-3-11-7-5-8-12(4-2)13(11)18-15(20)14(19)17-10-6-9-16/h5,7-8H,3-4,6,9-10H2,1-2H3,(H,17,19)(H,18,20). The van der Waals surface area contributed by atoms with E-state index in [9.17, 15) is 9.59 Å². The van der Waals surface area contributed by atoms with Crippen molar-refractivity contribution in [1.29, 1.82) is 0 Å². The Kier molecular flexibility index (Phi) is 7.09. The number of aryl methyl sites for hydroxylation is 2. The molecule has 0 aliphatic heterocycles. The Morgan fingerprint density at radius 3 is 2.20 bits per heavy atom. The van der Waals surface area contributed by atoms with Crippen LogP contribution < -0.4 is 10.6 Å². The van der Waals surface area contributed by atoms with Gasteiger partial charge in [-0.05, 0) is 30.4 Å². The highest BCUT2D eigenvalue weighted by Crippen LogP contribution is 2.22. The Labute approximate surface area is 124 Å². The van der Waals surface area contributed by atoms with E-state index in [0.29, 0.717) is 18.8 Å². The molecule has 0 radical (unpaired) electrons. The number of alkyl halides is 1. The van der Waals surface area contributed by atoms with Gasteiger partial charge in [-0.15, -0.1) is 11.6 Å². The summed E-state index contributed by atoms with van der Waals surface area (Å²) < 4.78 is 0. The number of para-hydroxylation sites is 1. The van der Waals surface area contributed by atoms with Gasteiger partial charge in [-0.2, -0.15) is 0 Å². The zero-order chi connectivity index (χ0) is 15.0. The lowest BCUT2D eigenvalue weighted by Crippen LogP contribution is -2.36. The number of halogens is 1. The lowest BCUT2D eigenvalue weighted by atomic mass is 10.0. The molecule has 2 N–H and O–H groups in total. The number of carbonyl (C=O) groups is 2. The van der Waals surface area contributed by atoms with Crippen molar-refractivity contribution >= 4 is 29.1 Å². The minimum atomic E-state index is -0.629. The van der Waals surface area contributed by atoms with Crippen molar-refractivity contribution in [2.24, 2.45) is 0 Å². The molecule has 1 rings (SSSR count). The van der Waals surface area contributed by atoms with Crippen LogP contribution in [0.2, 0.25) is 0 Å². The third-order valence-corrected chi connectivity index (χ3v) is 3.31. The predicted octanol–water partition coefficient (Wildman–Crippen LogP) is 2.50. The van der Waals surface area contributed by atoms with E-state index < -0.39 is 11.8 Å². The summed E-state index contributed by atoms with van der Waals surface area (Å²) in [7, 11) is 0. The molecule has 4 nitrogen and oxygen atoms in total. The van der Waals surface area contributed by atoms with Crippen LogP contribution in [0.3, 0.4) is 0 Å². The van der Waals surface area contributed by atoms with Gasteiger partial charge in [-0.1, -0.05) is 32.0 Å². The Balaban J connectivity index is 2.77. The van der Waals surface area contributed by atoms with Crippen LogP contribution >= 0.6 is 11.6 Å². The van der Waals surface area contributed by atoms with Crippen molar-refractivity contribution in [1.82, 2.24) is 5.32 Å². The molecular formula is C15H21ClN2O2. The molecule has 0 heterocycles. The van der Waals surface area contributed by atoms with E-state index >= 15 is 0 Å². The summed E-state index contributed by atoms with van der Waals surface area (Å²) in [5, 5.41) is 5.27. The molecule has 0 unspecified atom stereocenters. The number of carbonyl (C=O) groups excluding carboxylic acids is 2. The first-order valence-electron chi connectivity index (χ1n) is 6.89. The van der Waals surface area contributed by atoms with Crippen LogP contribution in [0.5, 0.6) is 0 Å². The van der Waals surface area contributed by atoms with Gasteiger partial charge < -0.3 is 10.6 Å². The van der Waals surface area contributed by atoms with E-state index in [2.05, 4.69) is 10.6 Å². The molecule has 0 saturated heterocycles. The highest BCUT2D eigenvalue weighted by molar-refractivity contribution is 6.39. The minimum Gasteiger partial charge on any atom is -0.348 e. The average Bonchev–Trinajstić information content (AvgIpc) is 2.47. The predicted molar refractivity (Wildman–Crippen MR) is 82.2 cm³/mol. The first kappa shape index (κ1) is 16.5. The summed E-state index contributed by atoms with van der Waals surface area (Å²) in [5.41, 5.74) is 2.83. The third kappa shape index (κ3) is 4.53. The monoisotopic (exact) mass is 296 g/mol. The second-order valence-electron chi connectivity index (χ2n) is 4.41. The van der Waals surface area contributed by atoms with Crippen LogP contribution in [0, 0.1) is 0 Å². The van der Waals surface area contributed by atoms with Gasteiger partial charge in [0.2, 0.25) is 0 Å². The molecule has 110 valence electrons. The average molecular weight is 297 g/mol. The second kappa shape index (κ2) is 8.59. The van der Waals surface area contributed by atoms with Gasteiger partial charge in [0.15, 0.2) is 0 Å². The molecule has 0 aliphatic rings. The maximum atomic E-state index is 11.9. The van der Waals surface area contributed by atoms with Crippen molar-refractivity contribution in [3.05, 3.63) is 29.3 Å². The van der Waals surface area contributed by atoms with Crippen molar-refractivity contribution in [3.63, 3.8) is 0 Å². The maximum absolute atomic E-state index is 11.9. The summed E-state index contributed by atoms with van der Waals surface area (Å²) in [6, 6.07) is 5.88. The van der Waals surface area contributed by atoms with Gasteiger partial charge in [-0.3, -0.25) is 9.59 Å². The fraction of sp³-hybridized carbons (Fsp3) is 0.467. The van der Waals surface area contributed by atoms with Gasteiger partial charge in [0.1, 0.15) is 0 Å². The highest BCUT2D eigenvalue weighted by atomic mass is 35.5. The van der Waals surface area contributed by atoms with E-state index in [4.69, 9.17) is 11.6 Å². The fourth-order valence-corrected chi connectivity index (χ4v) is 2.06. The van der Waals surface area contributed by atoms with E-state index in [0.717, 1.165) is 29.7 Å². The normalized spacial score (nSPS) is 10.2. The molecule has 0 bridgehead atoms. The first-order chi connectivity index (χ1) is 9.63. The summed E-state index contributed by atoms with van der Waals surface area (Å²) in [6.07, 6.45) is 2.25. The van der Waals surface area contributed by atoms with E-state index in [-0.39, 0.29) is 0 Å². The van der Waals surface area contributed by atoms with Gasteiger partial charge in [0, 0.05) is 18.1 Å². The quantitative estimate of drug-likeness (QED) is 0.481. The summed E-state index contributed by atoms with van der Waals surface area (Å²) in [6.45, 7) is 4.45. The van der Waals surface area contributed by atoms with E-state index in [1.807, 2.05) is 32.0 Å². The minimum absolute atomic E-state index is 0.409. The van der Waals surface area contributed by atoms with E-state index in [1.165, 1.54) is 0 Å². The molecule has 0 fully saturated rings. The second-order valence-corrected chi connectivity index (χ2v) is 4.79. The number of benzene rings is 1. The number of anilines is 1. The molecule has 2 amide bonds. The van der Waals surface area contributed by atoms with Crippen molar-refractivity contribution in [2.75, 3.05) is 17.7 Å². The smallest absolute Gasteiger partial charge is 0.313 e. The van der Waals surface area contributed by atoms with Crippen LogP contribution in [0.25, 0.3) is 0 Å². The topological polar surface area (TPSA) is 58.2 Å². The molecule has 0 aliphatic carbocycles. The number of amides is 2. The number of hydrogen-bond acceptors (Lipinski definition) is 2. The van der Waals surface area contributed by atoms with Gasteiger partial charge in [0.05, 0.1) is 0 Å². The van der Waals surface area contributed by atoms with Crippen molar-refractivity contribution in [3.8, 4) is 0 Å². The maximum Gasteiger partial charge on any atom is 0.313 e. The third-order valence-electron chi connectivity index (χ3n) is 3.04. The zero-order valence-electron chi connectivity index (χ0n) is 12.0. The lowest BCUT2D eigenvalue weighted by molar-refractivity contribution is -0.136. The Bertz CT molecular complexity index is 453. The molecule has 0 saturated carbocycles. The van der Waals surface area contributed by atoms with Crippen molar-refractivity contribution in [2.45, 2.75) is 33.1 Å². The molecule has 0 aromatic heterocycles. The Morgan fingerprint density at radius 1 is 1.10 bits per heavy atom. The number of hydrogen-bond donors (Lipinski definition) is 2. The number of nitrogens with one attached hydrogen (secondary N) is 2. The van der Waals surface area contributed by atoms with Crippen LogP contribution in [0.1, 0.15) is 31.4 Å². The van der Waals surface area contributed by atoms with Gasteiger partial charge in [0.25, 0.3) is 0 Å². The van der Waals surface area contributed by atoms with Gasteiger partial charge >= 0.3 is 11.8 Å². The molecular weight excluding hydrogens is 276 g/mol. The van der Waals surface area contributed by atoms with Crippen LogP contribution in [0.4, 0.5) is 5.69 Å². The Hall–Kier alpha value is -1.55. The summed E-state index contributed by atoms with van der Waals surface area (Å²) in [5.74, 6) is -0.793. The largest absolute Gasteiger partial charge is 0.348 e. The van der Waals surface area contributed by atoms with Gasteiger partial charge in [-0.25, -0.2) is 0 Å². The zero-order valence-corrected chi connectivity index (χ0v) is 12.7. The first-order valence-corrected chi connectivity index (χ1v) is 7.43. The molecule has 0 spiro atoms. The molecule has 0 atom stereocenters. The van der Waals surface area contributed by atoms with E-state index in [1.54, 1.807) is 0 Å².